The van der Waals surface area contributed by atoms with E-state index in [-0.39, 0.29) is 5.91 Å². The molecule has 5 nitrogen and oxygen atoms in total. The molecule has 4 rings (SSSR count). The van der Waals surface area contributed by atoms with Crippen molar-refractivity contribution in [1.29, 1.82) is 0 Å². The van der Waals surface area contributed by atoms with E-state index >= 15 is 0 Å². The Kier molecular flexibility index (Phi) is 5.99. The predicted octanol–water partition coefficient (Wildman–Crippen LogP) is 3.35. The quantitative estimate of drug-likeness (QED) is 0.604. The van der Waals surface area contributed by atoms with E-state index in [1.165, 1.54) is 11.1 Å². The minimum atomic E-state index is 0.0750. The lowest BCUT2D eigenvalue weighted by molar-refractivity contribution is -0.127. The van der Waals surface area contributed by atoms with Crippen LogP contribution in [0.5, 0.6) is 0 Å². The second-order valence-electron chi connectivity index (χ2n) is 7.02. The molecule has 0 atom stereocenters. The van der Waals surface area contributed by atoms with Crippen LogP contribution in [0.1, 0.15) is 16.7 Å². The average Bonchev–Trinajstić information content (AvgIpc) is 3.40. The molecule has 2 aromatic heterocycles. The van der Waals surface area contributed by atoms with E-state index in [1.54, 1.807) is 23.6 Å². The number of amides is 1. The van der Waals surface area contributed by atoms with E-state index < -0.39 is 0 Å². The zero-order chi connectivity index (χ0) is 19.2. The molecule has 0 unspecified atom stereocenters. The number of nitrogens with zero attached hydrogens (tertiary/aromatic N) is 4. The molecule has 1 aromatic carbocycles. The van der Waals surface area contributed by atoms with Gasteiger partial charge in [0.2, 0.25) is 5.91 Å². The normalized spacial score (nSPS) is 15.4. The fourth-order valence-electron chi connectivity index (χ4n) is 3.36. The molecule has 0 spiro atoms. The highest BCUT2D eigenvalue weighted by molar-refractivity contribution is 7.07. The molecule has 0 bridgehead atoms. The SMILES string of the molecule is O=C(/C=C/c1cnn(Cc2ccccc2)c1)N1CCN(Cc2ccsc2)CC1. The topological polar surface area (TPSA) is 41.4 Å². The molecule has 1 aliphatic heterocycles. The number of carbonyl (C=O) groups excluding carboxylic acids is 1. The first-order valence-electron chi connectivity index (χ1n) is 9.53. The predicted molar refractivity (Wildman–Crippen MR) is 113 cm³/mol. The van der Waals surface area contributed by atoms with Gasteiger partial charge in [-0.1, -0.05) is 30.3 Å². The Morgan fingerprint density at radius 1 is 1.04 bits per heavy atom. The molecule has 0 saturated carbocycles. The molecule has 3 heterocycles. The molecule has 6 heteroatoms. The van der Waals surface area contributed by atoms with Crippen molar-refractivity contribution in [2.24, 2.45) is 0 Å². The highest BCUT2D eigenvalue weighted by Crippen LogP contribution is 2.12. The van der Waals surface area contributed by atoms with Gasteiger partial charge in [-0.15, -0.1) is 0 Å². The van der Waals surface area contributed by atoms with Crippen molar-refractivity contribution in [2.75, 3.05) is 26.2 Å². The Labute approximate surface area is 169 Å². The fraction of sp³-hybridized carbons (Fsp3) is 0.273. The first-order chi connectivity index (χ1) is 13.8. The summed E-state index contributed by atoms with van der Waals surface area (Å²) < 4.78 is 1.89. The van der Waals surface area contributed by atoms with E-state index in [0.717, 1.165) is 44.8 Å². The summed E-state index contributed by atoms with van der Waals surface area (Å²) in [4.78, 5) is 16.8. The third-order valence-electron chi connectivity index (χ3n) is 4.93. The monoisotopic (exact) mass is 392 g/mol. The summed E-state index contributed by atoms with van der Waals surface area (Å²) in [5, 5.41) is 8.69. The van der Waals surface area contributed by atoms with Gasteiger partial charge in [-0.25, -0.2) is 0 Å². The summed E-state index contributed by atoms with van der Waals surface area (Å²) in [7, 11) is 0. The van der Waals surface area contributed by atoms with Crippen LogP contribution in [0, 0.1) is 0 Å². The largest absolute Gasteiger partial charge is 0.337 e. The molecular formula is C22H24N4OS. The maximum Gasteiger partial charge on any atom is 0.246 e. The third-order valence-corrected chi connectivity index (χ3v) is 5.66. The number of rotatable bonds is 6. The van der Waals surface area contributed by atoms with Crippen molar-refractivity contribution in [3.05, 3.63) is 82.3 Å². The number of benzene rings is 1. The maximum absolute atomic E-state index is 12.5. The number of piperazine rings is 1. The second kappa shape index (κ2) is 8.99. The number of hydrogen-bond donors (Lipinski definition) is 0. The molecule has 3 aromatic rings. The van der Waals surface area contributed by atoms with Gasteiger partial charge in [0, 0.05) is 50.6 Å². The van der Waals surface area contributed by atoms with Crippen LogP contribution >= 0.6 is 11.3 Å². The summed E-state index contributed by atoms with van der Waals surface area (Å²) in [5.74, 6) is 0.0750. The highest BCUT2D eigenvalue weighted by Gasteiger charge is 2.19. The zero-order valence-corrected chi connectivity index (χ0v) is 16.6. The van der Waals surface area contributed by atoms with Gasteiger partial charge in [-0.05, 0) is 34.0 Å². The van der Waals surface area contributed by atoms with Crippen molar-refractivity contribution in [3.8, 4) is 0 Å². The lowest BCUT2D eigenvalue weighted by Gasteiger charge is -2.34. The van der Waals surface area contributed by atoms with E-state index in [1.807, 2.05) is 40.1 Å². The van der Waals surface area contributed by atoms with Crippen LogP contribution in [-0.4, -0.2) is 51.7 Å². The molecular weight excluding hydrogens is 368 g/mol. The van der Waals surface area contributed by atoms with Crippen LogP contribution in [-0.2, 0) is 17.9 Å². The second-order valence-corrected chi connectivity index (χ2v) is 7.80. The number of hydrogen-bond acceptors (Lipinski definition) is 4. The number of carbonyl (C=O) groups is 1. The van der Waals surface area contributed by atoms with Crippen LogP contribution in [0.25, 0.3) is 6.08 Å². The lowest BCUT2D eigenvalue weighted by Crippen LogP contribution is -2.47. The van der Waals surface area contributed by atoms with Crippen molar-refractivity contribution >= 4 is 23.3 Å². The lowest BCUT2D eigenvalue weighted by atomic mass is 10.2. The van der Waals surface area contributed by atoms with Crippen LogP contribution in [0.3, 0.4) is 0 Å². The van der Waals surface area contributed by atoms with Crippen LogP contribution < -0.4 is 0 Å². The molecule has 0 N–H and O–H groups in total. The van der Waals surface area contributed by atoms with E-state index in [4.69, 9.17) is 0 Å². The van der Waals surface area contributed by atoms with E-state index in [0.29, 0.717) is 0 Å². The Balaban J connectivity index is 1.26. The van der Waals surface area contributed by atoms with Gasteiger partial charge in [0.05, 0.1) is 12.7 Å². The Bertz CT molecular complexity index is 909. The molecule has 144 valence electrons. The van der Waals surface area contributed by atoms with Crippen molar-refractivity contribution in [2.45, 2.75) is 13.1 Å². The average molecular weight is 393 g/mol. The molecule has 1 fully saturated rings. The Morgan fingerprint density at radius 3 is 2.61 bits per heavy atom. The number of aromatic nitrogens is 2. The first kappa shape index (κ1) is 18.7. The van der Waals surface area contributed by atoms with E-state index in [2.05, 4.69) is 39.0 Å². The van der Waals surface area contributed by atoms with Crippen molar-refractivity contribution < 1.29 is 4.79 Å². The van der Waals surface area contributed by atoms with Gasteiger partial charge in [0.25, 0.3) is 0 Å². The first-order valence-corrected chi connectivity index (χ1v) is 10.5. The summed E-state index contributed by atoms with van der Waals surface area (Å²) >= 11 is 1.73. The minimum absolute atomic E-state index is 0.0750. The van der Waals surface area contributed by atoms with Crippen LogP contribution in [0.2, 0.25) is 0 Å². The fourth-order valence-corrected chi connectivity index (χ4v) is 4.02. The van der Waals surface area contributed by atoms with Crippen molar-refractivity contribution in [1.82, 2.24) is 19.6 Å². The third kappa shape index (κ3) is 4.97. The molecule has 1 aliphatic rings. The minimum Gasteiger partial charge on any atom is -0.337 e. The molecule has 1 saturated heterocycles. The molecule has 28 heavy (non-hydrogen) atoms. The van der Waals surface area contributed by atoms with Gasteiger partial charge >= 0.3 is 0 Å². The highest BCUT2D eigenvalue weighted by atomic mass is 32.1. The molecule has 0 aliphatic carbocycles. The van der Waals surface area contributed by atoms with Crippen LogP contribution in [0.4, 0.5) is 0 Å². The van der Waals surface area contributed by atoms with Gasteiger partial charge in [-0.3, -0.25) is 14.4 Å². The summed E-state index contributed by atoms with van der Waals surface area (Å²) in [6, 6.07) is 12.4. The van der Waals surface area contributed by atoms with E-state index in [9.17, 15) is 4.79 Å². The number of thiophene rings is 1. The van der Waals surface area contributed by atoms with Crippen LogP contribution in [0.15, 0.2) is 65.6 Å². The summed E-state index contributed by atoms with van der Waals surface area (Å²) in [5.41, 5.74) is 3.51. The molecule has 0 radical (unpaired) electrons. The summed E-state index contributed by atoms with van der Waals surface area (Å²) in [6.07, 6.45) is 7.29. The molecule has 1 amide bonds. The Morgan fingerprint density at radius 2 is 1.86 bits per heavy atom. The maximum atomic E-state index is 12.5. The van der Waals surface area contributed by atoms with Crippen molar-refractivity contribution in [3.63, 3.8) is 0 Å². The smallest absolute Gasteiger partial charge is 0.246 e. The zero-order valence-electron chi connectivity index (χ0n) is 15.8. The standard InChI is InChI=1S/C22H24N4OS/c27-22(25-11-9-24(10-12-25)15-21-8-13-28-18-21)7-6-20-14-23-26(17-20)16-19-4-2-1-3-5-19/h1-8,13-14,17-18H,9-12,15-16H2/b7-6+. The van der Waals surface area contributed by atoms with Gasteiger partial charge in [0.15, 0.2) is 0 Å². The van der Waals surface area contributed by atoms with Gasteiger partial charge in [-0.2, -0.15) is 16.4 Å². The van der Waals surface area contributed by atoms with Gasteiger partial charge < -0.3 is 4.90 Å². The Hall–Kier alpha value is -2.70. The summed E-state index contributed by atoms with van der Waals surface area (Å²) in [6.45, 7) is 5.10. The van der Waals surface area contributed by atoms with Gasteiger partial charge in [0.1, 0.15) is 0 Å².